The fourth-order valence-corrected chi connectivity index (χ4v) is 0. The van der Waals surface area contributed by atoms with Crippen molar-refractivity contribution < 1.29 is 73.8 Å². The van der Waals surface area contributed by atoms with Gasteiger partial charge in [-0.2, -0.15) is 0 Å². The van der Waals surface area contributed by atoms with E-state index in [1.54, 1.807) is 0 Å². The molecular formula is CuFeMoPSbV. The fraction of sp³-hybridized carbons (Fsp3) is 0. The van der Waals surface area contributed by atoms with Crippen molar-refractivity contribution in [3.05, 3.63) is 0 Å². The van der Waals surface area contributed by atoms with Gasteiger partial charge in [-0.3, -0.25) is 0 Å². The number of hydrogen-bond donors (Lipinski definition) is 0. The third-order valence-electron chi connectivity index (χ3n) is 0. The Morgan fingerprint density at radius 3 is 1.00 bits per heavy atom. The third kappa shape index (κ3) is 25.7. The van der Waals surface area contributed by atoms with E-state index in [0.717, 1.165) is 0 Å². The molecule has 0 fully saturated rings. The first kappa shape index (κ1) is 55.3. The molecule has 0 spiro atoms. The van der Waals surface area contributed by atoms with E-state index in [2.05, 4.69) is 0 Å². The van der Waals surface area contributed by atoms with Crippen LogP contribution in [-0.4, -0.2) is 24.4 Å². The SMILES string of the molecule is [Cu].[Fe].[Mo].[P].[Sb].[V]. The van der Waals surface area contributed by atoms with E-state index in [0.29, 0.717) is 0 Å². The standard InChI is InChI=1S/Cu.Fe.Mo.P.Sb.V. The summed E-state index contributed by atoms with van der Waals surface area (Å²) in [6.45, 7) is 0. The van der Waals surface area contributed by atoms with Crippen molar-refractivity contribution >= 4 is 34.3 Å². The Kier molecular flexibility index (Phi) is 356. The van der Waals surface area contributed by atoms with E-state index in [4.69, 9.17) is 0 Å². The van der Waals surface area contributed by atoms with Gasteiger partial charge in [0.2, 0.25) is 0 Å². The van der Waals surface area contributed by atoms with Crippen molar-refractivity contribution in [2.45, 2.75) is 0 Å². The summed E-state index contributed by atoms with van der Waals surface area (Å²) in [7, 11) is 0. The number of rotatable bonds is 0. The molecule has 0 aliphatic carbocycles. The zero-order valence-electron chi connectivity index (χ0n) is 2.40. The second kappa shape index (κ2) is 38.6. The van der Waals surface area contributed by atoms with Crippen molar-refractivity contribution in [1.82, 2.24) is 0 Å². The second-order valence-corrected chi connectivity index (χ2v) is 0. The van der Waals surface area contributed by atoms with Gasteiger partial charge >= 0.3 is 0 Å². The van der Waals surface area contributed by atoms with Gasteiger partial charge in [0.25, 0.3) is 0 Å². The summed E-state index contributed by atoms with van der Waals surface area (Å²) < 4.78 is 0. The van der Waals surface area contributed by atoms with Gasteiger partial charge in [-0.15, -0.1) is 0 Å². The Hall–Kier alpha value is 3.56. The van der Waals surface area contributed by atoms with Gasteiger partial charge in [0.05, 0.1) is 0 Å². The van der Waals surface area contributed by atoms with Crippen molar-refractivity contribution in [1.29, 1.82) is 0 Å². The second-order valence-electron chi connectivity index (χ2n) is 0. The molecule has 0 aromatic carbocycles. The zero-order valence-corrected chi connectivity index (χ0v) is 11.3. The summed E-state index contributed by atoms with van der Waals surface area (Å²) >= 11 is 0. The Bertz CT molecular complexity index is 15.5. The average Bonchev–Trinajstić information content (AvgIpc) is 0. The molecule has 40 valence electrons. The molecule has 0 aliphatic heterocycles. The molecule has 0 aliphatic rings. The molecular weight excluding hydrogens is 419 g/mol. The maximum atomic E-state index is 0. The van der Waals surface area contributed by atoms with Crippen LogP contribution in [0.15, 0.2) is 0 Å². The summed E-state index contributed by atoms with van der Waals surface area (Å²) in [5.41, 5.74) is 0. The Labute approximate surface area is 106 Å². The minimum Gasteiger partial charge on any atom is 0 e. The fourth-order valence-electron chi connectivity index (χ4n) is 0. The first-order valence-corrected chi connectivity index (χ1v) is 0. The van der Waals surface area contributed by atoms with Crippen LogP contribution in [0.1, 0.15) is 0 Å². The van der Waals surface area contributed by atoms with E-state index in [-0.39, 0.29) is 108 Å². The maximum Gasteiger partial charge on any atom is 0 e. The normalized spacial score (nSPS) is 0. The molecule has 8 radical (unpaired) electrons. The summed E-state index contributed by atoms with van der Waals surface area (Å²) in [6.07, 6.45) is 0. The van der Waals surface area contributed by atoms with E-state index >= 15 is 0 Å². The molecule has 0 aromatic rings. The van der Waals surface area contributed by atoms with Gasteiger partial charge < -0.3 is 0 Å². The van der Waals surface area contributed by atoms with Crippen molar-refractivity contribution in [3.8, 4) is 0 Å². The van der Waals surface area contributed by atoms with Crippen LogP contribution in [0, 0.1) is 0 Å². The molecule has 0 unspecified atom stereocenters. The van der Waals surface area contributed by atoms with E-state index in [1.165, 1.54) is 0 Å². The van der Waals surface area contributed by atoms with Crippen LogP contribution in [0.5, 0.6) is 0 Å². The maximum absolute atomic E-state index is 0. The summed E-state index contributed by atoms with van der Waals surface area (Å²) in [4.78, 5) is 0. The minimum atomic E-state index is 0. The van der Waals surface area contributed by atoms with Crippen LogP contribution in [0.3, 0.4) is 0 Å². The smallest absolute Gasteiger partial charge is 0 e. The first-order valence-electron chi connectivity index (χ1n) is 0. The topological polar surface area (TPSA) is 0 Å². The molecule has 0 N–H and O–H groups in total. The summed E-state index contributed by atoms with van der Waals surface area (Å²) in [6, 6.07) is 0. The quantitative estimate of drug-likeness (QED) is 0.396. The molecule has 0 amide bonds. The zero-order chi connectivity index (χ0) is 0. The summed E-state index contributed by atoms with van der Waals surface area (Å²) in [5.74, 6) is 0. The minimum absolute atomic E-state index is 0. The van der Waals surface area contributed by atoms with Gasteiger partial charge in [-0.25, -0.2) is 0 Å². The largest absolute Gasteiger partial charge is 0 e. The van der Waals surface area contributed by atoms with Crippen LogP contribution >= 0.6 is 9.90 Å². The van der Waals surface area contributed by atoms with Crippen molar-refractivity contribution in [2.75, 3.05) is 0 Å². The number of hydrogen-bond acceptors (Lipinski definition) is 0. The molecule has 0 rings (SSSR count). The van der Waals surface area contributed by atoms with Crippen LogP contribution in [0.25, 0.3) is 0 Å². The van der Waals surface area contributed by atoms with Crippen LogP contribution in [-0.2, 0) is 73.8 Å². The van der Waals surface area contributed by atoms with Crippen molar-refractivity contribution in [3.63, 3.8) is 0 Å². The van der Waals surface area contributed by atoms with Gasteiger partial charge in [0.1, 0.15) is 0 Å². The molecule has 0 saturated carbocycles. The van der Waals surface area contributed by atoms with Gasteiger partial charge in [0, 0.05) is 108 Å². The molecule has 0 aromatic heterocycles. The third-order valence-corrected chi connectivity index (χ3v) is 0. The van der Waals surface area contributed by atoms with Crippen molar-refractivity contribution in [2.24, 2.45) is 0 Å². The van der Waals surface area contributed by atoms with E-state index in [1.807, 2.05) is 0 Å². The van der Waals surface area contributed by atoms with Gasteiger partial charge in [0.15, 0.2) is 0 Å². The molecule has 6 heavy (non-hydrogen) atoms. The molecule has 0 saturated heterocycles. The van der Waals surface area contributed by atoms with Gasteiger partial charge in [-0.05, 0) is 0 Å². The predicted molar refractivity (Wildman–Crippen MR) is 12.7 cm³/mol. The monoisotopic (exact) mass is 420 g/mol. The van der Waals surface area contributed by atoms with Crippen LogP contribution in [0.2, 0.25) is 0 Å². The molecule has 0 atom stereocenters. The Morgan fingerprint density at radius 1 is 1.00 bits per heavy atom. The summed E-state index contributed by atoms with van der Waals surface area (Å²) in [5, 5.41) is 0. The molecule has 6 heteroatoms. The molecule has 0 nitrogen and oxygen atoms in total. The Balaban J connectivity index is 0. The Morgan fingerprint density at radius 2 is 1.00 bits per heavy atom. The van der Waals surface area contributed by atoms with Gasteiger partial charge in [-0.1, -0.05) is 0 Å². The average molecular weight is 419 g/mol. The van der Waals surface area contributed by atoms with E-state index < -0.39 is 0 Å². The van der Waals surface area contributed by atoms with E-state index in [9.17, 15) is 0 Å². The van der Waals surface area contributed by atoms with Crippen LogP contribution in [0.4, 0.5) is 0 Å². The first-order chi connectivity index (χ1) is 0. The van der Waals surface area contributed by atoms with Crippen LogP contribution < -0.4 is 0 Å². The molecule has 0 heterocycles. The predicted octanol–water partition coefficient (Wildman–Crippen LogP) is 0.470. The molecule has 0 bridgehead atoms.